The molecule has 0 N–H and O–H groups in total. The lowest BCUT2D eigenvalue weighted by Crippen LogP contribution is -1.96. The minimum Gasteiger partial charge on any atom is -0.298 e. The lowest BCUT2D eigenvalue weighted by Gasteiger charge is -1.99. The number of rotatable bonds is 4. The summed E-state index contributed by atoms with van der Waals surface area (Å²) in [5.41, 5.74) is 4.91. The van der Waals surface area contributed by atoms with Crippen molar-refractivity contribution in [2.45, 2.75) is 26.7 Å². The molecule has 0 saturated carbocycles. The minimum atomic E-state index is 0.650. The highest BCUT2D eigenvalue weighted by Crippen LogP contribution is 2.11. The van der Waals surface area contributed by atoms with Crippen molar-refractivity contribution in [1.82, 2.24) is 14.6 Å². The van der Waals surface area contributed by atoms with Gasteiger partial charge in [0.2, 0.25) is 0 Å². The molecule has 0 saturated heterocycles. The summed E-state index contributed by atoms with van der Waals surface area (Å²) in [6.07, 6.45) is 4.29. The molecule has 0 fully saturated rings. The van der Waals surface area contributed by atoms with E-state index in [1.807, 2.05) is 13.0 Å². The Morgan fingerprint density at radius 2 is 1.90 bits per heavy atom. The van der Waals surface area contributed by atoms with Crippen LogP contribution in [-0.4, -0.2) is 20.9 Å². The summed E-state index contributed by atoms with van der Waals surface area (Å²) in [6.45, 7) is 3.99. The van der Waals surface area contributed by atoms with Crippen molar-refractivity contribution >= 4 is 11.9 Å². The summed E-state index contributed by atoms with van der Waals surface area (Å²) in [5, 5.41) is 4.44. The lowest BCUT2D eigenvalue weighted by molar-refractivity contribution is 0.112. The molecule has 1 aromatic carbocycles. The molecule has 106 valence electrons. The number of hydrogen-bond donors (Lipinski definition) is 0. The Morgan fingerprint density at radius 3 is 2.62 bits per heavy atom. The molecular weight excluding hydrogens is 262 g/mol. The van der Waals surface area contributed by atoms with Crippen LogP contribution in [0.2, 0.25) is 0 Å². The second-order valence-electron chi connectivity index (χ2n) is 5.35. The van der Waals surface area contributed by atoms with Gasteiger partial charge in [0.25, 0.3) is 0 Å². The van der Waals surface area contributed by atoms with E-state index in [-0.39, 0.29) is 0 Å². The number of pyridine rings is 1. The molecular formula is C17H17N3O. The highest BCUT2D eigenvalue weighted by molar-refractivity contribution is 5.77. The maximum atomic E-state index is 11.0. The Balaban J connectivity index is 1.81. The number of benzene rings is 1. The Hall–Kier alpha value is -2.49. The molecule has 0 radical (unpaired) electrons. The van der Waals surface area contributed by atoms with E-state index >= 15 is 0 Å². The molecule has 0 aliphatic heterocycles. The molecule has 4 nitrogen and oxygen atoms in total. The summed E-state index contributed by atoms with van der Waals surface area (Å²) in [4.78, 5) is 15.5. The molecule has 4 heteroatoms. The third kappa shape index (κ3) is 2.84. The SMILES string of the molecule is Cc1ccc(CCc2nc3cc(C)c(C=O)cn3n2)cc1. The maximum Gasteiger partial charge on any atom is 0.155 e. The average molecular weight is 279 g/mol. The molecule has 0 aliphatic carbocycles. The first-order valence-corrected chi connectivity index (χ1v) is 7.02. The zero-order valence-corrected chi connectivity index (χ0v) is 12.2. The van der Waals surface area contributed by atoms with Crippen LogP contribution in [-0.2, 0) is 12.8 Å². The highest BCUT2D eigenvalue weighted by atomic mass is 16.1. The fourth-order valence-corrected chi connectivity index (χ4v) is 2.33. The molecule has 0 bridgehead atoms. The van der Waals surface area contributed by atoms with Crippen molar-refractivity contribution in [2.75, 3.05) is 0 Å². The van der Waals surface area contributed by atoms with Gasteiger partial charge in [-0.2, -0.15) is 5.10 Å². The van der Waals surface area contributed by atoms with Crippen molar-refractivity contribution in [3.8, 4) is 0 Å². The molecule has 3 aromatic rings. The fourth-order valence-electron chi connectivity index (χ4n) is 2.33. The van der Waals surface area contributed by atoms with Crippen LogP contribution in [0.3, 0.4) is 0 Å². The van der Waals surface area contributed by atoms with Gasteiger partial charge in [0, 0.05) is 18.2 Å². The smallest absolute Gasteiger partial charge is 0.155 e. The minimum absolute atomic E-state index is 0.650. The molecule has 3 rings (SSSR count). The van der Waals surface area contributed by atoms with Gasteiger partial charge in [-0.15, -0.1) is 0 Å². The van der Waals surface area contributed by atoms with Crippen molar-refractivity contribution in [1.29, 1.82) is 0 Å². The van der Waals surface area contributed by atoms with Gasteiger partial charge in [-0.25, -0.2) is 9.50 Å². The summed E-state index contributed by atoms with van der Waals surface area (Å²) in [7, 11) is 0. The fraction of sp³-hybridized carbons (Fsp3) is 0.235. The third-order valence-corrected chi connectivity index (χ3v) is 3.65. The van der Waals surface area contributed by atoms with Crippen LogP contribution in [0, 0.1) is 13.8 Å². The van der Waals surface area contributed by atoms with Crippen molar-refractivity contribution in [3.05, 3.63) is 64.6 Å². The van der Waals surface area contributed by atoms with Crippen LogP contribution in [0.5, 0.6) is 0 Å². The van der Waals surface area contributed by atoms with Crippen LogP contribution in [0.15, 0.2) is 36.5 Å². The third-order valence-electron chi connectivity index (χ3n) is 3.65. The van der Waals surface area contributed by atoms with E-state index in [0.29, 0.717) is 5.56 Å². The van der Waals surface area contributed by atoms with E-state index in [2.05, 4.69) is 41.3 Å². The van der Waals surface area contributed by atoms with Crippen LogP contribution >= 0.6 is 0 Å². The van der Waals surface area contributed by atoms with Gasteiger partial charge < -0.3 is 0 Å². The first-order chi connectivity index (χ1) is 10.2. The molecule has 2 heterocycles. The summed E-state index contributed by atoms with van der Waals surface area (Å²) < 4.78 is 1.68. The number of nitrogens with zero attached hydrogens (tertiary/aromatic N) is 3. The van der Waals surface area contributed by atoms with Gasteiger partial charge in [0.1, 0.15) is 0 Å². The van der Waals surface area contributed by atoms with E-state index in [0.717, 1.165) is 36.2 Å². The second kappa shape index (κ2) is 5.48. The molecule has 2 aromatic heterocycles. The predicted molar refractivity (Wildman–Crippen MR) is 81.7 cm³/mol. The number of aromatic nitrogens is 3. The van der Waals surface area contributed by atoms with Crippen LogP contribution in [0.1, 0.15) is 32.9 Å². The normalized spacial score (nSPS) is 11.0. The summed E-state index contributed by atoms with van der Waals surface area (Å²) in [6, 6.07) is 10.4. The Morgan fingerprint density at radius 1 is 1.14 bits per heavy atom. The highest BCUT2D eigenvalue weighted by Gasteiger charge is 2.07. The quantitative estimate of drug-likeness (QED) is 0.690. The Bertz CT molecular complexity index is 788. The van der Waals surface area contributed by atoms with E-state index in [1.54, 1.807) is 10.7 Å². The van der Waals surface area contributed by atoms with Crippen LogP contribution < -0.4 is 0 Å². The monoisotopic (exact) mass is 279 g/mol. The van der Waals surface area contributed by atoms with Gasteiger partial charge in [-0.1, -0.05) is 29.8 Å². The number of fused-ring (bicyclic) bond motifs is 1. The first-order valence-electron chi connectivity index (χ1n) is 7.02. The molecule has 0 aliphatic rings. The van der Waals surface area contributed by atoms with E-state index in [9.17, 15) is 4.79 Å². The summed E-state index contributed by atoms with van der Waals surface area (Å²) in [5.74, 6) is 0.804. The van der Waals surface area contributed by atoms with Crippen molar-refractivity contribution in [3.63, 3.8) is 0 Å². The molecule has 0 atom stereocenters. The number of aldehydes is 1. The standard InChI is InChI=1S/C17H17N3O/c1-12-3-5-14(6-4-12)7-8-16-18-17-9-13(2)15(11-21)10-20(17)19-16/h3-6,9-11H,7-8H2,1-2H3. The number of carbonyl (C=O) groups excluding carboxylic acids is 1. The van der Waals surface area contributed by atoms with Crippen molar-refractivity contribution in [2.24, 2.45) is 0 Å². The zero-order valence-electron chi connectivity index (χ0n) is 12.2. The maximum absolute atomic E-state index is 11.0. The summed E-state index contributed by atoms with van der Waals surface area (Å²) >= 11 is 0. The van der Waals surface area contributed by atoms with Crippen LogP contribution in [0.25, 0.3) is 5.65 Å². The second-order valence-corrected chi connectivity index (χ2v) is 5.35. The van der Waals surface area contributed by atoms with E-state index in [1.165, 1.54) is 11.1 Å². The first kappa shape index (κ1) is 13.5. The molecule has 0 spiro atoms. The van der Waals surface area contributed by atoms with Gasteiger partial charge >= 0.3 is 0 Å². The van der Waals surface area contributed by atoms with Crippen molar-refractivity contribution < 1.29 is 4.79 Å². The van der Waals surface area contributed by atoms with Gasteiger partial charge in [-0.3, -0.25) is 4.79 Å². The Kier molecular flexibility index (Phi) is 3.52. The number of hydrogen-bond acceptors (Lipinski definition) is 3. The van der Waals surface area contributed by atoms with Gasteiger partial charge in [-0.05, 0) is 37.5 Å². The Labute approximate surface area is 123 Å². The molecule has 0 amide bonds. The van der Waals surface area contributed by atoms with Gasteiger partial charge in [0.05, 0.1) is 0 Å². The van der Waals surface area contributed by atoms with Crippen LogP contribution in [0.4, 0.5) is 0 Å². The molecule has 21 heavy (non-hydrogen) atoms. The van der Waals surface area contributed by atoms with E-state index < -0.39 is 0 Å². The topological polar surface area (TPSA) is 47.3 Å². The van der Waals surface area contributed by atoms with Gasteiger partial charge in [0.15, 0.2) is 17.8 Å². The predicted octanol–water partition coefficient (Wildman–Crippen LogP) is 2.94. The largest absolute Gasteiger partial charge is 0.298 e. The lowest BCUT2D eigenvalue weighted by atomic mass is 10.1. The number of aryl methyl sites for hydroxylation is 4. The molecule has 0 unspecified atom stereocenters. The average Bonchev–Trinajstić information content (AvgIpc) is 2.87. The number of carbonyl (C=O) groups is 1. The zero-order chi connectivity index (χ0) is 14.8. The van der Waals surface area contributed by atoms with E-state index in [4.69, 9.17) is 0 Å².